The molecule has 30 heavy (non-hydrogen) atoms. The molecular formula is C21H28N8O. The topological polar surface area (TPSA) is 122 Å². The Hall–Kier alpha value is -3.20. The summed E-state index contributed by atoms with van der Waals surface area (Å²) in [5, 5.41) is 14.5. The van der Waals surface area contributed by atoms with Crippen LogP contribution in [0.4, 0.5) is 17.2 Å². The molecule has 1 saturated carbocycles. The van der Waals surface area contributed by atoms with Crippen molar-refractivity contribution in [3.05, 3.63) is 42.5 Å². The molecule has 0 aliphatic heterocycles. The molecule has 0 bridgehead atoms. The maximum absolute atomic E-state index is 12.9. The fraction of sp³-hybridized carbons (Fsp3) is 0.429. The molecule has 0 radical (unpaired) electrons. The number of pyridine rings is 1. The summed E-state index contributed by atoms with van der Waals surface area (Å²) in [6.45, 7) is 4.12. The molecule has 0 saturated heterocycles. The predicted molar refractivity (Wildman–Crippen MR) is 118 cm³/mol. The molecule has 158 valence electrons. The van der Waals surface area contributed by atoms with Gasteiger partial charge in [-0.15, -0.1) is 5.10 Å². The third-order valence-electron chi connectivity index (χ3n) is 5.21. The van der Waals surface area contributed by atoms with Crippen LogP contribution in [0.25, 0.3) is 5.65 Å². The number of amides is 1. The number of anilines is 3. The highest BCUT2D eigenvalue weighted by Gasteiger charge is 2.21. The summed E-state index contributed by atoms with van der Waals surface area (Å²) in [7, 11) is 0. The number of carbonyl (C=O) groups excluding carboxylic acids is 1. The molecular weight excluding hydrogens is 380 g/mol. The Bertz CT molecular complexity index is 1010. The summed E-state index contributed by atoms with van der Waals surface area (Å²) < 4.78 is 1.60. The van der Waals surface area contributed by atoms with E-state index in [4.69, 9.17) is 5.73 Å². The van der Waals surface area contributed by atoms with Crippen molar-refractivity contribution in [3.63, 3.8) is 0 Å². The highest BCUT2D eigenvalue weighted by Crippen LogP contribution is 2.25. The first-order valence-electron chi connectivity index (χ1n) is 10.4. The van der Waals surface area contributed by atoms with Crippen LogP contribution in [0.2, 0.25) is 0 Å². The number of nitrogens with zero attached hydrogens (tertiary/aromatic N) is 4. The Morgan fingerprint density at radius 3 is 2.63 bits per heavy atom. The molecule has 0 aromatic carbocycles. The van der Waals surface area contributed by atoms with Crippen molar-refractivity contribution in [3.8, 4) is 0 Å². The zero-order chi connectivity index (χ0) is 21.1. The van der Waals surface area contributed by atoms with Gasteiger partial charge in [0.1, 0.15) is 5.82 Å². The first-order chi connectivity index (χ1) is 14.5. The van der Waals surface area contributed by atoms with Crippen molar-refractivity contribution < 1.29 is 4.79 Å². The van der Waals surface area contributed by atoms with Crippen LogP contribution >= 0.6 is 0 Å². The predicted octanol–water partition coefficient (Wildman–Crippen LogP) is 2.88. The van der Waals surface area contributed by atoms with E-state index < -0.39 is 0 Å². The molecule has 3 aromatic rings. The average molecular weight is 409 g/mol. The number of fused-ring (bicyclic) bond motifs is 1. The summed E-state index contributed by atoms with van der Waals surface area (Å²) >= 11 is 0. The van der Waals surface area contributed by atoms with Gasteiger partial charge in [0.25, 0.3) is 5.91 Å². The van der Waals surface area contributed by atoms with E-state index in [1.165, 1.54) is 0 Å². The van der Waals surface area contributed by atoms with Crippen molar-refractivity contribution >= 4 is 28.7 Å². The number of rotatable bonds is 6. The Labute approximate surface area is 175 Å². The summed E-state index contributed by atoms with van der Waals surface area (Å²) in [6, 6.07) is 6.25. The second kappa shape index (κ2) is 8.66. The number of nitrogens with two attached hydrogens (primary N) is 1. The fourth-order valence-corrected chi connectivity index (χ4v) is 3.71. The van der Waals surface area contributed by atoms with Gasteiger partial charge in [0.05, 0.1) is 11.9 Å². The van der Waals surface area contributed by atoms with E-state index in [2.05, 4.69) is 44.9 Å². The fourth-order valence-electron chi connectivity index (χ4n) is 3.71. The Morgan fingerprint density at radius 1 is 1.20 bits per heavy atom. The molecule has 3 aromatic heterocycles. The monoisotopic (exact) mass is 408 g/mol. The smallest absolute Gasteiger partial charge is 0.276 e. The highest BCUT2D eigenvalue weighted by molar-refractivity contribution is 6.03. The molecule has 9 nitrogen and oxygen atoms in total. The van der Waals surface area contributed by atoms with Crippen LogP contribution in [0.1, 0.15) is 50.0 Å². The van der Waals surface area contributed by atoms with E-state index >= 15 is 0 Å². The van der Waals surface area contributed by atoms with Crippen LogP contribution in [-0.4, -0.2) is 43.6 Å². The third-order valence-corrected chi connectivity index (χ3v) is 5.21. The van der Waals surface area contributed by atoms with Crippen molar-refractivity contribution in [2.24, 2.45) is 5.73 Å². The van der Waals surface area contributed by atoms with Gasteiger partial charge in [0.2, 0.25) is 0 Å². The van der Waals surface area contributed by atoms with E-state index in [-0.39, 0.29) is 18.0 Å². The maximum Gasteiger partial charge on any atom is 0.276 e. The highest BCUT2D eigenvalue weighted by atomic mass is 16.2. The molecule has 4 rings (SSSR count). The van der Waals surface area contributed by atoms with Gasteiger partial charge >= 0.3 is 0 Å². The second-order valence-corrected chi connectivity index (χ2v) is 8.07. The average Bonchev–Trinajstić information content (AvgIpc) is 3.14. The number of imidazole rings is 1. The van der Waals surface area contributed by atoms with Crippen molar-refractivity contribution in [1.82, 2.24) is 19.6 Å². The van der Waals surface area contributed by atoms with Gasteiger partial charge in [-0.1, -0.05) is 0 Å². The zero-order valence-corrected chi connectivity index (χ0v) is 17.3. The van der Waals surface area contributed by atoms with Crippen LogP contribution in [0.5, 0.6) is 0 Å². The number of nitrogens with one attached hydrogen (secondary N) is 3. The molecule has 0 spiro atoms. The van der Waals surface area contributed by atoms with E-state index in [9.17, 15) is 4.79 Å². The van der Waals surface area contributed by atoms with Gasteiger partial charge in [-0.05, 0) is 51.7 Å². The molecule has 9 heteroatoms. The molecule has 1 aliphatic carbocycles. The number of hydrogen-bond donors (Lipinski definition) is 4. The van der Waals surface area contributed by atoms with Gasteiger partial charge in [-0.25, -0.2) is 9.50 Å². The van der Waals surface area contributed by atoms with Crippen molar-refractivity contribution in [2.75, 3.05) is 16.0 Å². The van der Waals surface area contributed by atoms with E-state index in [1.807, 2.05) is 6.07 Å². The number of carbonyl (C=O) groups is 1. The van der Waals surface area contributed by atoms with E-state index in [0.29, 0.717) is 28.9 Å². The van der Waals surface area contributed by atoms with Gasteiger partial charge in [-0.2, -0.15) is 0 Å². The van der Waals surface area contributed by atoms with Gasteiger partial charge in [0.15, 0.2) is 11.3 Å². The minimum absolute atomic E-state index is 0.211. The van der Waals surface area contributed by atoms with Crippen LogP contribution in [-0.2, 0) is 0 Å². The lowest BCUT2D eigenvalue weighted by atomic mass is 9.92. The summed E-state index contributed by atoms with van der Waals surface area (Å²) in [6.07, 6.45) is 8.83. The molecule has 1 amide bonds. The summed E-state index contributed by atoms with van der Waals surface area (Å²) in [4.78, 5) is 21.3. The molecule has 1 aliphatic rings. The minimum Gasteiger partial charge on any atom is -0.380 e. The van der Waals surface area contributed by atoms with Gasteiger partial charge in [0, 0.05) is 42.3 Å². The first kappa shape index (κ1) is 20.1. The van der Waals surface area contributed by atoms with E-state index in [0.717, 1.165) is 31.4 Å². The summed E-state index contributed by atoms with van der Waals surface area (Å²) in [5.41, 5.74) is 8.50. The molecule has 3 heterocycles. The lowest BCUT2D eigenvalue weighted by Crippen LogP contribution is -2.33. The van der Waals surface area contributed by atoms with Crippen LogP contribution in [0.15, 0.2) is 36.8 Å². The minimum atomic E-state index is -0.280. The Morgan fingerprint density at radius 2 is 1.93 bits per heavy atom. The first-order valence-corrected chi connectivity index (χ1v) is 10.4. The quantitative estimate of drug-likeness (QED) is 0.495. The molecule has 0 atom stereocenters. The van der Waals surface area contributed by atoms with Gasteiger partial charge in [-0.3, -0.25) is 9.78 Å². The van der Waals surface area contributed by atoms with Crippen LogP contribution in [0.3, 0.4) is 0 Å². The third kappa shape index (κ3) is 4.51. The maximum atomic E-state index is 12.9. The Kier molecular flexibility index (Phi) is 5.80. The van der Waals surface area contributed by atoms with Gasteiger partial charge < -0.3 is 21.7 Å². The normalized spacial score (nSPS) is 19.1. The van der Waals surface area contributed by atoms with E-state index in [1.54, 1.807) is 35.2 Å². The lowest BCUT2D eigenvalue weighted by Gasteiger charge is -2.27. The zero-order valence-electron chi connectivity index (χ0n) is 17.3. The number of aromatic nitrogens is 4. The van der Waals surface area contributed by atoms with Crippen LogP contribution < -0.4 is 21.7 Å². The molecule has 1 fully saturated rings. The standard InChI is InChI=1S/C21H28N8O/c1-13(2)25-17-11-19(26-15-5-3-14(22)4-6-15)28-29-18(12-24-20(17)29)21(30)27-16-7-9-23-10-8-16/h7-15,25H,3-6,22H2,1-2H3,(H,26,28)(H,23,27,30). The van der Waals surface area contributed by atoms with Crippen molar-refractivity contribution in [1.29, 1.82) is 0 Å². The molecule has 0 unspecified atom stereocenters. The summed E-state index contributed by atoms with van der Waals surface area (Å²) in [5.74, 6) is 0.430. The van der Waals surface area contributed by atoms with Crippen LogP contribution in [0, 0.1) is 0 Å². The van der Waals surface area contributed by atoms with Crippen molar-refractivity contribution in [2.45, 2.75) is 57.7 Å². The second-order valence-electron chi connectivity index (χ2n) is 8.07. The lowest BCUT2D eigenvalue weighted by molar-refractivity contribution is 0.102. The molecule has 5 N–H and O–H groups in total. The Balaban J connectivity index is 1.65. The largest absolute Gasteiger partial charge is 0.380 e. The SMILES string of the molecule is CC(C)Nc1cc(NC2CCC(N)CC2)nn2c(C(=O)Nc3ccncc3)cnc12. The number of hydrogen-bond acceptors (Lipinski definition) is 7.